The van der Waals surface area contributed by atoms with Crippen molar-refractivity contribution in [2.45, 2.75) is 29.8 Å². The molecule has 0 saturated carbocycles. The fourth-order valence-corrected chi connectivity index (χ4v) is 1.68. The molecule has 0 spiro atoms. The molecule has 0 amide bonds. The molecule has 1 saturated heterocycles. The third kappa shape index (κ3) is 2.15. The average Bonchev–Trinajstić information content (AvgIpc) is 2.15. The third-order valence-corrected chi connectivity index (χ3v) is 2.76. The topological polar surface area (TPSA) is 84.9 Å². The molecule has 1 aliphatic heterocycles. The Morgan fingerprint density at radius 1 is 1.62 bits per heavy atom. The van der Waals surface area contributed by atoms with Crippen molar-refractivity contribution in [1.82, 2.24) is 0 Å². The summed E-state index contributed by atoms with van der Waals surface area (Å²) in [5.41, 5.74) is 5.66. The lowest BCUT2D eigenvalue weighted by molar-refractivity contribution is -0.220. The highest BCUT2D eigenvalue weighted by atomic mass is 32.1. The Labute approximate surface area is 82.2 Å². The van der Waals surface area contributed by atoms with Gasteiger partial charge in [-0.15, -0.1) is 0 Å². The van der Waals surface area contributed by atoms with Crippen molar-refractivity contribution >= 4 is 12.6 Å². The third-order valence-electron chi connectivity index (χ3n) is 2.17. The Hall–Kier alpha value is 0.150. The van der Waals surface area contributed by atoms with E-state index in [0.29, 0.717) is 0 Å². The van der Waals surface area contributed by atoms with Gasteiger partial charge in [0.15, 0.2) is 6.29 Å². The molecule has 0 aromatic rings. The lowest BCUT2D eigenvalue weighted by Gasteiger charge is -2.40. The summed E-state index contributed by atoms with van der Waals surface area (Å²) in [4.78, 5) is 0. The van der Waals surface area contributed by atoms with E-state index in [9.17, 15) is 5.11 Å². The molecular formula is C7H15NO4S. The molecule has 0 aromatic heterocycles. The first-order chi connectivity index (χ1) is 6.11. The summed E-state index contributed by atoms with van der Waals surface area (Å²) < 4.78 is 10.2. The second-order valence-electron chi connectivity index (χ2n) is 3.02. The molecule has 1 rings (SSSR count). The van der Waals surface area contributed by atoms with Crippen LogP contribution < -0.4 is 5.73 Å². The molecule has 0 radical (unpaired) electrons. The van der Waals surface area contributed by atoms with Gasteiger partial charge in [0.05, 0.1) is 18.0 Å². The number of methoxy groups -OCH3 is 1. The zero-order valence-corrected chi connectivity index (χ0v) is 8.22. The molecule has 13 heavy (non-hydrogen) atoms. The van der Waals surface area contributed by atoms with Gasteiger partial charge in [-0.3, -0.25) is 0 Å². The average molecular weight is 209 g/mol. The van der Waals surface area contributed by atoms with Crippen LogP contribution in [0.1, 0.15) is 0 Å². The van der Waals surface area contributed by atoms with Gasteiger partial charge >= 0.3 is 0 Å². The second-order valence-corrected chi connectivity index (χ2v) is 3.62. The van der Waals surface area contributed by atoms with E-state index in [4.69, 9.17) is 20.3 Å². The normalized spacial score (nSPS) is 46.4. The minimum atomic E-state index is -0.904. The van der Waals surface area contributed by atoms with Crippen LogP contribution in [0, 0.1) is 0 Å². The molecule has 1 aliphatic rings. The summed E-state index contributed by atoms with van der Waals surface area (Å²) in [5.74, 6) is 0. The summed E-state index contributed by atoms with van der Waals surface area (Å²) in [6, 6.07) is -0.556. The minimum Gasteiger partial charge on any atom is -0.394 e. The number of hydrogen-bond donors (Lipinski definition) is 4. The predicted molar refractivity (Wildman–Crippen MR) is 49.5 cm³/mol. The van der Waals surface area contributed by atoms with Crippen molar-refractivity contribution in [3.8, 4) is 0 Å². The molecule has 4 N–H and O–H groups in total. The van der Waals surface area contributed by atoms with Gasteiger partial charge in [0.25, 0.3) is 0 Å². The van der Waals surface area contributed by atoms with Gasteiger partial charge in [0, 0.05) is 13.2 Å². The number of ether oxygens (including phenoxy) is 2. The predicted octanol–water partition coefficient (Wildman–Crippen LogP) is -1.66. The summed E-state index contributed by atoms with van der Waals surface area (Å²) >= 11 is 4.15. The summed E-state index contributed by atoms with van der Waals surface area (Å²) in [7, 11) is 1.47. The number of nitrogens with two attached hydrogens (primary N) is 1. The summed E-state index contributed by atoms with van der Waals surface area (Å²) in [6.07, 6.45) is -2.18. The van der Waals surface area contributed by atoms with Gasteiger partial charge < -0.3 is 25.4 Å². The van der Waals surface area contributed by atoms with Crippen molar-refractivity contribution in [1.29, 1.82) is 0 Å². The molecular weight excluding hydrogens is 194 g/mol. The number of rotatable bonds is 2. The van der Waals surface area contributed by atoms with E-state index < -0.39 is 24.5 Å². The van der Waals surface area contributed by atoms with Crippen LogP contribution >= 0.6 is 12.6 Å². The Balaban J connectivity index is 2.66. The zero-order chi connectivity index (χ0) is 10.0. The van der Waals surface area contributed by atoms with Crippen molar-refractivity contribution in [2.24, 2.45) is 5.73 Å². The molecule has 0 unspecified atom stereocenters. The molecule has 5 nitrogen and oxygen atoms in total. The highest BCUT2D eigenvalue weighted by molar-refractivity contribution is 7.81. The monoisotopic (exact) mass is 209 g/mol. The summed E-state index contributed by atoms with van der Waals surface area (Å²) in [6.45, 7) is -0.283. The molecule has 0 bridgehead atoms. The maximum Gasteiger partial charge on any atom is 0.170 e. The largest absolute Gasteiger partial charge is 0.394 e. The standard InChI is InChI=1S/C7H15NO4S/c1-11-7-6(13)4(8)5(10)3(2-9)12-7/h3-7,9-10,13H,2,8H2,1H3/t3-,4-,5-,6-,7+/m1/s1. The highest BCUT2D eigenvalue weighted by Crippen LogP contribution is 2.23. The van der Waals surface area contributed by atoms with Gasteiger partial charge in [-0.25, -0.2) is 0 Å². The quantitative estimate of drug-likeness (QED) is 0.409. The van der Waals surface area contributed by atoms with E-state index in [1.807, 2.05) is 0 Å². The molecule has 6 heteroatoms. The van der Waals surface area contributed by atoms with Gasteiger partial charge in [0.2, 0.25) is 0 Å². The van der Waals surface area contributed by atoms with E-state index in [1.165, 1.54) is 7.11 Å². The molecule has 1 heterocycles. The van der Waals surface area contributed by atoms with Gasteiger partial charge in [0.1, 0.15) is 6.10 Å². The number of aliphatic hydroxyl groups is 2. The Morgan fingerprint density at radius 3 is 2.69 bits per heavy atom. The van der Waals surface area contributed by atoms with Crippen LogP contribution in [0.4, 0.5) is 0 Å². The number of aliphatic hydroxyl groups excluding tert-OH is 2. The van der Waals surface area contributed by atoms with Crippen molar-refractivity contribution in [3.63, 3.8) is 0 Å². The van der Waals surface area contributed by atoms with Crippen LogP contribution in [0.25, 0.3) is 0 Å². The maximum absolute atomic E-state index is 9.51. The Bertz CT molecular complexity index is 151. The van der Waals surface area contributed by atoms with E-state index in [-0.39, 0.29) is 11.9 Å². The maximum atomic E-state index is 9.51. The van der Waals surface area contributed by atoms with Crippen LogP contribution in [0.5, 0.6) is 0 Å². The minimum absolute atomic E-state index is 0.283. The molecule has 1 fully saturated rings. The SMILES string of the molecule is CO[C@H]1O[C@H](CO)[C@@H](O)[C@@H](N)[C@H]1S. The van der Waals surface area contributed by atoms with E-state index in [2.05, 4.69) is 12.6 Å². The van der Waals surface area contributed by atoms with Gasteiger partial charge in [-0.1, -0.05) is 0 Å². The first-order valence-electron chi connectivity index (χ1n) is 4.02. The van der Waals surface area contributed by atoms with Crippen LogP contribution in [0.3, 0.4) is 0 Å². The van der Waals surface area contributed by atoms with E-state index >= 15 is 0 Å². The molecule has 0 aliphatic carbocycles. The van der Waals surface area contributed by atoms with Crippen LogP contribution in [-0.2, 0) is 9.47 Å². The molecule has 5 atom stereocenters. The first-order valence-corrected chi connectivity index (χ1v) is 4.54. The Morgan fingerprint density at radius 2 is 2.23 bits per heavy atom. The Kier molecular flexibility index (Phi) is 3.96. The van der Waals surface area contributed by atoms with Crippen LogP contribution in [0.15, 0.2) is 0 Å². The van der Waals surface area contributed by atoms with E-state index in [0.717, 1.165) is 0 Å². The van der Waals surface area contributed by atoms with Crippen molar-refractivity contribution in [3.05, 3.63) is 0 Å². The molecule has 78 valence electrons. The fraction of sp³-hybridized carbons (Fsp3) is 1.00. The number of hydrogen-bond acceptors (Lipinski definition) is 6. The zero-order valence-electron chi connectivity index (χ0n) is 7.33. The fourth-order valence-electron chi connectivity index (χ4n) is 1.31. The van der Waals surface area contributed by atoms with Crippen molar-refractivity contribution < 1.29 is 19.7 Å². The molecule has 0 aromatic carbocycles. The first kappa shape index (κ1) is 11.2. The van der Waals surface area contributed by atoms with Gasteiger partial charge in [-0.05, 0) is 0 Å². The highest BCUT2D eigenvalue weighted by Gasteiger charge is 2.41. The lowest BCUT2D eigenvalue weighted by Crippen LogP contribution is -2.60. The second kappa shape index (κ2) is 4.59. The van der Waals surface area contributed by atoms with Crippen molar-refractivity contribution in [2.75, 3.05) is 13.7 Å². The van der Waals surface area contributed by atoms with Crippen LogP contribution in [0.2, 0.25) is 0 Å². The lowest BCUT2D eigenvalue weighted by atomic mass is 9.99. The van der Waals surface area contributed by atoms with Gasteiger partial charge in [-0.2, -0.15) is 12.6 Å². The van der Waals surface area contributed by atoms with Crippen LogP contribution in [-0.4, -0.2) is 53.7 Å². The summed E-state index contributed by atoms with van der Waals surface area (Å²) in [5, 5.41) is 18.0. The van der Waals surface area contributed by atoms with E-state index in [1.54, 1.807) is 0 Å². The number of thiol groups is 1. The smallest absolute Gasteiger partial charge is 0.170 e.